The standard InChI is InChI=1S/C5H10O.C4H10.C2H6/c1-5-2-3-6-4-5;1-3-4-2;1-2/h5H,2-4H2,1H3;3-4H2,1-2H3;1-2H3. The van der Waals surface area contributed by atoms with Gasteiger partial charge in [0.05, 0.1) is 0 Å². The number of ether oxygens (including phenoxy) is 1. The van der Waals surface area contributed by atoms with E-state index in [9.17, 15) is 0 Å². The molecule has 0 amide bonds. The quantitative estimate of drug-likeness (QED) is 0.586. The van der Waals surface area contributed by atoms with Gasteiger partial charge in [0.15, 0.2) is 0 Å². The molecule has 0 spiro atoms. The fourth-order valence-electron chi connectivity index (χ4n) is 0.652. The van der Waals surface area contributed by atoms with E-state index >= 15 is 0 Å². The molecule has 0 aliphatic carbocycles. The molecule has 1 aliphatic rings. The molecule has 1 nitrogen and oxygen atoms in total. The molecule has 0 saturated carbocycles. The van der Waals surface area contributed by atoms with Crippen LogP contribution in [0.3, 0.4) is 0 Å². The number of rotatable bonds is 1. The molecule has 0 bridgehead atoms. The number of hydrogen-bond donors (Lipinski definition) is 0. The Labute approximate surface area is 78.5 Å². The number of unbranched alkanes of at least 4 members (excludes halogenated alkanes) is 1. The van der Waals surface area contributed by atoms with E-state index in [4.69, 9.17) is 4.74 Å². The molecular formula is C11H26O. The second kappa shape index (κ2) is 13.5. The highest BCUT2D eigenvalue weighted by molar-refractivity contribution is 4.55. The van der Waals surface area contributed by atoms with Crippen molar-refractivity contribution in [1.29, 1.82) is 0 Å². The van der Waals surface area contributed by atoms with Crippen LogP contribution in [0.5, 0.6) is 0 Å². The molecule has 1 unspecified atom stereocenters. The zero-order chi connectivity index (χ0) is 9.82. The molecule has 0 radical (unpaired) electrons. The zero-order valence-corrected chi connectivity index (χ0v) is 9.52. The van der Waals surface area contributed by atoms with Crippen LogP contribution in [0.2, 0.25) is 0 Å². The molecule has 1 rings (SSSR count). The maximum atomic E-state index is 5.06. The first-order chi connectivity index (χ1) is 5.81. The lowest BCUT2D eigenvalue weighted by atomic mass is 10.2. The minimum absolute atomic E-state index is 0.824. The van der Waals surface area contributed by atoms with Crippen LogP contribution in [0.25, 0.3) is 0 Å². The maximum Gasteiger partial charge on any atom is 0.0492 e. The van der Waals surface area contributed by atoms with Gasteiger partial charge in [0.1, 0.15) is 0 Å². The minimum Gasteiger partial charge on any atom is -0.381 e. The largest absolute Gasteiger partial charge is 0.381 e. The van der Waals surface area contributed by atoms with E-state index < -0.39 is 0 Å². The molecule has 1 aliphatic heterocycles. The Morgan fingerprint density at radius 2 is 1.67 bits per heavy atom. The Balaban J connectivity index is 0. The van der Waals surface area contributed by atoms with Crippen LogP contribution >= 0.6 is 0 Å². The van der Waals surface area contributed by atoms with Crippen LogP contribution < -0.4 is 0 Å². The van der Waals surface area contributed by atoms with Gasteiger partial charge in [-0.2, -0.15) is 0 Å². The van der Waals surface area contributed by atoms with E-state index in [0.717, 1.165) is 19.1 Å². The zero-order valence-electron chi connectivity index (χ0n) is 9.52. The summed E-state index contributed by atoms with van der Waals surface area (Å²) >= 11 is 0. The predicted octanol–water partition coefficient (Wildman–Crippen LogP) is 3.88. The van der Waals surface area contributed by atoms with Gasteiger partial charge in [0, 0.05) is 13.2 Å². The highest BCUT2D eigenvalue weighted by Gasteiger charge is 2.07. The molecule has 1 atom stereocenters. The van der Waals surface area contributed by atoms with Gasteiger partial charge in [-0.25, -0.2) is 0 Å². The van der Waals surface area contributed by atoms with Gasteiger partial charge in [-0.15, -0.1) is 0 Å². The lowest BCUT2D eigenvalue weighted by molar-refractivity contribution is 0.188. The highest BCUT2D eigenvalue weighted by Crippen LogP contribution is 2.09. The molecule has 0 aromatic carbocycles. The van der Waals surface area contributed by atoms with E-state index in [1.54, 1.807) is 0 Å². The molecule has 1 saturated heterocycles. The maximum absolute atomic E-state index is 5.06. The first-order valence-electron chi connectivity index (χ1n) is 5.39. The summed E-state index contributed by atoms with van der Waals surface area (Å²) in [6.45, 7) is 12.5. The molecule has 1 heterocycles. The number of hydrogen-bond acceptors (Lipinski definition) is 1. The van der Waals surface area contributed by atoms with Gasteiger partial charge < -0.3 is 4.74 Å². The average Bonchev–Trinajstić information content (AvgIpc) is 2.60. The first kappa shape index (κ1) is 14.5. The van der Waals surface area contributed by atoms with Gasteiger partial charge in [0.2, 0.25) is 0 Å². The topological polar surface area (TPSA) is 9.23 Å². The van der Waals surface area contributed by atoms with E-state index in [1.165, 1.54) is 19.3 Å². The fraction of sp³-hybridized carbons (Fsp3) is 1.00. The molecule has 76 valence electrons. The summed E-state index contributed by atoms with van der Waals surface area (Å²) in [7, 11) is 0. The van der Waals surface area contributed by atoms with Gasteiger partial charge in [-0.05, 0) is 12.3 Å². The summed E-state index contributed by atoms with van der Waals surface area (Å²) < 4.78 is 5.06. The Bertz CT molecular complexity index is 54.0. The summed E-state index contributed by atoms with van der Waals surface area (Å²) in [6.07, 6.45) is 3.90. The van der Waals surface area contributed by atoms with Crippen LogP contribution in [0.4, 0.5) is 0 Å². The molecule has 0 aromatic rings. The Morgan fingerprint density at radius 1 is 1.17 bits per heavy atom. The van der Waals surface area contributed by atoms with Crippen LogP contribution in [0.1, 0.15) is 53.9 Å². The Kier molecular flexibility index (Phi) is 16.3. The third-order valence-electron chi connectivity index (χ3n) is 1.66. The molecule has 0 aromatic heterocycles. The van der Waals surface area contributed by atoms with Crippen molar-refractivity contribution < 1.29 is 4.74 Å². The Morgan fingerprint density at radius 3 is 1.75 bits per heavy atom. The SMILES string of the molecule is CC.CC1CCOC1.CCCC. The third kappa shape index (κ3) is 12.6. The molecular weight excluding hydrogens is 148 g/mol. The summed E-state index contributed by atoms with van der Waals surface area (Å²) in [5.41, 5.74) is 0. The molecule has 1 heteroatoms. The smallest absolute Gasteiger partial charge is 0.0492 e. The van der Waals surface area contributed by atoms with Crippen LogP contribution in [-0.4, -0.2) is 13.2 Å². The second-order valence-corrected chi connectivity index (χ2v) is 2.97. The Hall–Kier alpha value is -0.0400. The molecule has 1 fully saturated rings. The van der Waals surface area contributed by atoms with Crippen molar-refractivity contribution in [2.75, 3.05) is 13.2 Å². The average molecular weight is 174 g/mol. The predicted molar refractivity (Wildman–Crippen MR) is 56.5 cm³/mol. The monoisotopic (exact) mass is 174 g/mol. The fourth-order valence-corrected chi connectivity index (χ4v) is 0.652. The van der Waals surface area contributed by atoms with Crippen molar-refractivity contribution in [3.8, 4) is 0 Å². The van der Waals surface area contributed by atoms with E-state index in [0.29, 0.717) is 0 Å². The summed E-state index contributed by atoms with van der Waals surface area (Å²) in [5.74, 6) is 0.824. The van der Waals surface area contributed by atoms with Crippen molar-refractivity contribution in [2.45, 2.75) is 53.9 Å². The van der Waals surface area contributed by atoms with E-state index in [2.05, 4.69) is 20.8 Å². The minimum atomic E-state index is 0.824. The van der Waals surface area contributed by atoms with Crippen molar-refractivity contribution in [3.05, 3.63) is 0 Å². The van der Waals surface area contributed by atoms with Crippen molar-refractivity contribution in [1.82, 2.24) is 0 Å². The van der Waals surface area contributed by atoms with Crippen molar-refractivity contribution in [3.63, 3.8) is 0 Å². The second-order valence-electron chi connectivity index (χ2n) is 2.97. The van der Waals surface area contributed by atoms with E-state index in [1.807, 2.05) is 13.8 Å². The van der Waals surface area contributed by atoms with Gasteiger partial charge in [-0.1, -0.05) is 47.5 Å². The van der Waals surface area contributed by atoms with Gasteiger partial charge in [0.25, 0.3) is 0 Å². The third-order valence-corrected chi connectivity index (χ3v) is 1.66. The van der Waals surface area contributed by atoms with Crippen molar-refractivity contribution >= 4 is 0 Å². The summed E-state index contributed by atoms with van der Waals surface area (Å²) in [4.78, 5) is 0. The normalized spacial score (nSPS) is 20.2. The van der Waals surface area contributed by atoms with E-state index in [-0.39, 0.29) is 0 Å². The molecule has 0 N–H and O–H groups in total. The lowest BCUT2D eigenvalue weighted by Gasteiger charge is -1.89. The van der Waals surface area contributed by atoms with Crippen molar-refractivity contribution in [2.24, 2.45) is 5.92 Å². The van der Waals surface area contributed by atoms with Gasteiger partial charge >= 0.3 is 0 Å². The lowest BCUT2D eigenvalue weighted by Crippen LogP contribution is -1.88. The van der Waals surface area contributed by atoms with Gasteiger partial charge in [-0.3, -0.25) is 0 Å². The van der Waals surface area contributed by atoms with Crippen LogP contribution in [-0.2, 0) is 4.74 Å². The molecule has 12 heavy (non-hydrogen) atoms. The van der Waals surface area contributed by atoms with Crippen LogP contribution in [0.15, 0.2) is 0 Å². The summed E-state index contributed by atoms with van der Waals surface area (Å²) in [5, 5.41) is 0. The highest BCUT2D eigenvalue weighted by atomic mass is 16.5. The first-order valence-corrected chi connectivity index (χ1v) is 5.39. The van der Waals surface area contributed by atoms with Crippen LogP contribution in [0, 0.1) is 5.92 Å². The summed E-state index contributed by atoms with van der Waals surface area (Å²) in [6, 6.07) is 0.